The summed E-state index contributed by atoms with van der Waals surface area (Å²) in [6, 6.07) is 2.43. The molecule has 0 bridgehead atoms. The number of rotatable bonds is 6. The van der Waals surface area contributed by atoms with Crippen molar-refractivity contribution in [3.8, 4) is 0 Å². The van der Waals surface area contributed by atoms with Crippen LogP contribution in [0.3, 0.4) is 0 Å². The summed E-state index contributed by atoms with van der Waals surface area (Å²) >= 11 is 3.15. The average molecular weight is 362 g/mol. The summed E-state index contributed by atoms with van der Waals surface area (Å²) in [6.07, 6.45) is 1.63. The molecule has 0 fully saturated rings. The SMILES string of the molecule is CCCNC(CC(C)C(C)(C)C)c1c(F)ccc(Br)c1F. The molecule has 0 aliphatic carbocycles. The molecule has 0 amide bonds. The van der Waals surface area contributed by atoms with Crippen LogP contribution in [0.15, 0.2) is 16.6 Å². The van der Waals surface area contributed by atoms with Crippen molar-refractivity contribution in [2.75, 3.05) is 6.54 Å². The van der Waals surface area contributed by atoms with Crippen molar-refractivity contribution in [3.05, 3.63) is 33.8 Å². The molecule has 0 aromatic heterocycles. The van der Waals surface area contributed by atoms with Crippen molar-refractivity contribution in [3.63, 3.8) is 0 Å². The third kappa shape index (κ3) is 5.03. The molecule has 21 heavy (non-hydrogen) atoms. The van der Waals surface area contributed by atoms with E-state index in [4.69, 9.17) is 0 Å². The molecule has 0 heterocycles. The summed E-state index contributed by atoms with van der Waals surface area (Å²) in [7, 11) is 0. The van der Waals surface area contributed by atoms with Gasteiger partial charge in [-0.25, -0.2) is 8.78 Å². The molecule has 1 rings (SSSR count). The van der Waals surface area contributed by atoms with Gasteiger partial charge in [-0.15, -0.1) is 0 Å². The summed E-state index contributed by atoms with van der Waals surface area (Å²) in [6.45, 7) is 11.4. The number of nitrogens with one attached hydrogen (secondary N) is 1. The average Bonchev–Trinajstić information content (AvgIpc) is 2.39. The monoisotopic (exact) mass is 361 g/mol. The summed E-state index contributed by atoms with van der Waals surface area (Å²) in [5.41, 5.74) is 0.249. The number of halogens is 3. The first-order valence-corrected chi connectivity index (χ1v) is 8.34. The van der Waals surface area contributed by atoms with Crippen molar-refractivity contribution in [2.45, 2.75) is 53.5 Å². The molecule has 0 aliphatic heterocycles. The molecule has 0 saturated carbocycles. The van der Waals surface area contributed by atoms with E-state index in [1.807, 2.05) is 6.92 Å². The molecule has 0 saturated heterocycles. The van der Waals surface area contributed by atoms with Crippen LogP contribution >= 0.6 is 15.9 Å². The Kier molecular flexibility index (Phi) is 6.79. The van der Waals surface area contributed by atoms with Gasteiger partial charge in [-0.1, -0.05) is 34.6 Å². The van der Waals surface area contributed by atoms with Crippen molar-refractivity contribution in [1.29, 1.82) is 0 Å². The maximum atomic E-state index is 14.4. The first kappa shape index (κ1) is 18.6. The highest BCUT2D eigenvalue weighted by Gasteiger charge is 2.28. The summed E-state index contributed by atoms with van der Waals surface area (Å²) in [5, 5.41) is 3.30. The van der Waals surface area contributed by atoms with E-state index >= 15 is 0 Å². The maximum absolute atomic E-state index is 14.4. The summed E-state index contributed by atoms with van der Waals surface area (Å²) in [5.74, 6) is -0.639. The molecule has 120 valence electrons. The van der Waals surface area contributed by atoms with E-state index in [-0.39, 0.29) is 17.0 Å². The number of benzene rings is 1. The van der Waals surface area contributed by atoms with E-state index in [1.54, 1.807) is 0 Å². The fourth-order valence-electron chi connectivity index (χ4n) is 2.19. The first-order valence-electron chi connectivity index (χ1n) is 7.55. The van der Waals surface area contributed by atoms with E-state index in [2.05, 4.69) is 48.9 Å². The van der Waals surface area contributed by atoms with Crippen molar-refractivity contribution < 1.29 is 8.78 Å². The lowest BCUT2D eigenvalue weighted by molar-refractivity contribution is 0.220. The normalized spacial score (nSPS) is 15.0. The standard InChI is InChI=1S/C17H26BrF2N/c1-6-9-21-14(10-11(2)17(3,4)5)15-13(19)8-7-12(18)16(15)20/h7-8,11,14,21H,6,9-10H2,1-5H3. The zero-order valence-corrected chi connectivity index (χ0v) is 15.2. The van der Waals surface area contributed by atoms with Crippen LogP contribution in [-0.2, 0) is 0 Å². The molecule has 1 aromatic rings. The van der Waals surface area contributed by atoms with Crippen LogP contribution in [0.25, 0.3) is 0 Å². The van der Waals surface area contributed by atoms with E-state index in [0.29, 0.717) is 16.8 Å². The Bertz CT molecular complexity index is 469. The van der Waals surface area contributed by atoms with Gasteiger partial charge in [0.15, 0.2) is 0 Å². The van der Waals surface area contributed by atoms with Gasteiger partial charge in [0, 0.05) is 11.6 Å². The smallest absolute Gasteiger partial charge is 0.145 e. The highest BCUT2D eigenvalue weighted by molar-refractivity contribution is 9.10. The minimum absolute atomic E-state index is 0.102. The number of hydrogen-bond acceptors (Lipinski definition) is 1. The van der Waals surface area contributed by atoms with E-state index in [1.165, 1.54) is 12.1 Å². The van der Waals surface area contributed by atoms with Gasteiger partial charge in [-0.05, 0) is 58.8 Å². The predicted octanol–water partition coefficient (Wildman–Crippen LogP) is 5.84. The maximum Gasteiger partial charge on any atom is 0.145 e. The summed E-state index contributed by atoms with van der Waals surface area (Å²) in [4.78, 5) is 0. The van der Waals surface area contributed by atoms with E-state index in [0.717, 1.165) is 13.0 Å². The third-order valence-corrected chi connectivity index (χ3v) is 4.75. The zero-order chi connectivity index (χ0) is 16.2. The predicted molar refractivity (Wildman–Crippen MR) is 88.3 cm³/mol. The van der Waals surface area contributed by atoms with Crippen molar-refractivity contribution >= 4 is 15.9 Å². The molecule has 0 spiro atoms. The molecular weight excluding hydrogens is 336 g/mol. The largest absolute Gasteiger partial charge is 0.310 e. The van der Waals surface area contributed by atoms with Crippen LogP contribution in [0.5, 0.6) is 0 Å². The Balaban J connectivity index is 3.11. The lowest BCUT2D eigenvalue weighted by Crippen LogP contribution is -2.29. The van der Waals surface area contributed by atoms with Crippen molar-refractivity contribution in [2.24, 2.45) is 11.3 Å². The molecule has 4 heteroatoms. The topological polar surface area (TPSA) is 12.0 Å². The van der Waals surface area contributed by atoms with Gasteiger partial charge in [0.2, 0.25) is 0 Å². The lowest BCUT2D eigenvalue weighted by atomic mass is 9.77. The fraction of sp³-hybridized carbons (Fsp3) is 0.647. The molecular formula is C17H26BrF2N. The van der Waals surface area contributed by atoms with Crippen LogP contribution < -0.4 is 5.32 Å². The van der Waals surface area contributed by atoms with Gasteiger partial charge in [0.1, 0.15) is 11.6 Å². The van der Waals surface area contributed by atoms with Gasteiger partial charge in [-0.2, -0.15) is 0 Å². The third-order valence-electron chi connectivity index (χ3n) is 4.14. The van der Waals surface area contributed by atoms with Crippen LogP contribution in [0, 0.1) is 23.0 Å². The quantitative estimate of drug-likeness (QED) is 0.627. The fourth-order valence-corrected chi connectivity index (χ4v) is 2.54. The Morgan fingerprint density at radius 2 is 1.86 bits per heavy atom. The van der Waals surface area contributed by atoms with Gasteiger partial charge in [0.05, 0.1) is 4.47 Å². The number of hydrogen-bond donors (Lipinski definition) is 1. The minimum Gasteiger partial charge on any atom is -0.310 e. The summed E-state index contributed by atoms with van der Waals surface area (Å²) < 4.78 is 28.8. The Morgan fingerprint density at radius 3 is 2.38 bits per heavy atom. The van der Waals surface area contributed by atoms with Gasteiger partial charge >= 0.3 is 0 Å². The second-order valence-electron chi connectivity index (χ2n) is 6.77. The highest BCUT2D eigenvalue weighted by atomic mass is 79.9. The van der Waals surface area contributed by atoms with Crippen molar-refractivity contribution in [1.82, 2.24) is 5.32 Å². The van der Waals surface area contributed by atoms with Crippen LogP contribution in [0.1, 0.15) is 59.1 Å². The molecule has 1 nitrogen and oxygen atoms in total. The minimum atomic E-state index is -0.496. The lowest BCUT2D eigenvalue weighted by Gasteiger charge is -2.32. The molecule has 2 atom stereocenters. The van der Waals surface area contributed by atoms with Crippen LogP contribution in [0.4, 0.5) is 8.78 Å². The van der Waals surface area contributed by atoms with Crippen LogP contribution in [0.2, 0.25) is 0 Å². The van der Waals surface area contributed by atoms with Crippen LogP contribution in [-0.4, -0.2) is 6.54 Å². The van der Waals surface area contributed by atoms with Gasteiger partial charge < -0.3 is 5.32 Å². The second kappa shape index (κ2) is 7.68. The van der Waals surface area contributed by atoms with Gasteiger partial charge in [0.25, 0.3) is 0 Å². The molecule has 0 radical (unpaired) electrons. The zero-order valence-electron chi connectivity index (χ0n) is 13.6. The molecule has 0 aliphatic rings. The Morgan fingerprint density at radius 1 is 1.24 bits per heavy atom. The second-order valence-corrected chi connectivity index (χ2v) is 7.62. The molecule has 2 unspecified atom stereocenters. The van der Waals surface area contributed by atoms with E-state index < -0.39 is 11.6 Å². The molecule has 1 N–H and O–H groups in total. The highest BCUT2D eigenvalue weighted by Crippen LogP contribution is 2.36. The Labute approximate surface area is 135 Å². The molecule has 1 aromatic carbocycles. The van der Waals surface area contributed by atoms with E-state index in [9.17, 15) is 8.78 Å². The Hall–Kier alpha value is -0.480. The first-order chi connectivity index (χ1) is 9.68. The van der Waals surface area contributed by atoms with Gasteiger partial charge in [-0.3, -0.25) is 0 Å².